The van der Waals surface area contributed by atoms with Crippen LogP contribution in [0.25, 0.3) is 10.9 Å². The normalized spacial score (nSPS) is 13.8. The molecule has 1 atom stereocenters. The van der Waals surface area contributed by atoms with Gasteiger partial charge in [-0.15, -0.1) is 0 Å². The Morgan fingerprint density at radius 1 is 1.15 bits per heavy atom. The van der Waals surface area contributed by atoms with Gasteiger partial charge in [-0.2, -0.15) is 0 Å². The predicted molar refractivity (Wildman–Crippen MR) is 154 cm³/mol. The zero-order valence-corrected chi connectivity index (χ0v) is 23.6. The lowest BCUT2D eigenvalue weighted by molar-refractivity contribution is -0.119. The number of benzene rings is 2. The third-order valence-corrected chi connectivity index (χ3v) is 7.49. The fraction of sp³-hybridized carbons (Fsp3) is 0.300. The maximum Gasteiger partial charge on any atom is 0.257 e. The molecule has 2 N–H and O–H groups in total. The highest BCUT2D eigenvalue weighted by atomic mass is 35.5. The summed E-state index contributed by atoms with van der Waals surface area (Å²) in [6, 6.07) is 12.5. The van der Waals surface area contributed by atoms with Crippen molar-refractivity contribution in [1.82, 2.24) is 14.8 Å². The molecule has 9 nitrogen and oxygen atoms in total. The Morgan fingerprint density at radius 2 is 1.88 bits per heavy atom. The first-order valence-electron chi connectivity index (χ1n) is 12.9. The summed E-state index contributed by atoms with van der Waals surface area (Å²) in [5, 5.41) is 14.5. The molecule has 4 aromatic rings. The molecule has 0 aliphatic carbocycles. The van der Waals surface area contributed by atoms with E-state index >= 15 is 0 Å². The number of amides is 2. The molecule has 5 rings (SSSR count). The van der Waals surface area contributed by atoms with E-state index in [1.54, 1.807) is 41.9 Å². The van der Waals surface area contributed by atoms with Crippen molar-refractivity contribution < 1.29 is 19.1 Å². The van der Waals surface area contributed by atoms with Gasteiger partial charge in [-0.05, 0) is 62.4 Å². The quantitative estimate of drug-likeness (QED) is 0.337. The maximum atomic E-state index is 13.6. The van der Waals surface area contributed by atoms with Gasteiger partial charge in [0, 0.05) is 48.9 Å². The summed E-state index contributed by atoms with van der Waals surface area (Å²) in [5.41, 5.74) is 3.13. The van der Waals surface area contributed by atoms with Crippen molar-refractivity contribution in [3.05, 3.63) is 97.7 Å². The van der Waals surface area contributed by atoms with Crippen LogP contribution < -0.4 is 15.6 Å². The number of aliphatic hydroxyl groups excluding tert-OH is 1. The van der Waals surface area contributed by atoms with Crippen molar-refractivity contribution in [1.29, 1.82) is 0 Å². The van der Waals surface area contributed by atoms with E-state index in [-0.39, 0.29) is 24.6 Å². The van der Waals surface area contributed by atoms with E-state index in [2.05, 4.69) is 5.32 Å². The lowest BCUT2D eigenvalue weighted by Gasteiger charge is -2.29. The standard InChI is InChI=1S/C30H31ClN4O5/c1-17-9-22(18(2)40-17)26(36)15-33(3)13-20-10-23-28-25(11-20)34(4)27(37)16-35(28)14-24(29(23)38)30(39)32-12-19-5-7-21(31)8-6-19/h5-11,14,26,36H,12-13,15-16H2,1-4H3,(H,32,39). The van der Waals surface area contributed by atoms with Crippen LogP contribution in [0.4, 0.5) is 5.69 Å². The molecule has 2 aromatic carbocycles. The summed E-state index contributed by atoms with van der Waals surface area (Å²) in [4.78, 5) is 43.1. The van der Waals surface area contributed by atoms with Crippen LogP contribution in [-0.4, -0.2) is 47.0 Å². The summed E-state index contributed by atoms with van der Waals surface area (Å²) in [6.45, 7) is 4.64. The van der Waals surface area contributed by atoms with E-state index < -0.39 is 17.4 Å². The number of nitrogens with one attached hydrogen (secondary N) is 1. The Hall–Kier alpha value is -3.92. The average molecular weight is 563 g/mol. The molecule has 208 valence electrons. The van der Waals surface area contributed by atoms with Crippen molar-refractivity contribution in [3.8, 4) is 0 Å². The van der Waals surface area contributed by atoms with Crippen molar-refractivity contribution in [2.75, 3.05) is 25.5 Å². The molecular formula is C30H31ClN4O5. The highest BCUT2D eigenvalue weighted by Gasteiger charge is 2.27. The summed E-state index contributed by atoms with van der Waals surface area (Å²) in [5.74, 6) is 0.738. The number of aryl methyl sites for hydroxylation is 2. The topological polar surface area (TPSA) is 108 Å². The second-order valence-corrected chi connectivity index (χ2v) is 10.8. The zero-order chi connectivity index (χ0) is 28.7. The largest absolute Gasteiger partial charge is 0.466 e. The molecule has 0 saturated heterocycles. The van der Waals surface area contributed by atoms with Crippen LogP contribution in [-0.2, 0) is 24.4 Å². The van der Waals surface area contributed by atoms with E-state index in [0.29, 0.717) is 40.5 Å². The molecule has 3 heterocycles. The van der Waals surface area contributed by atoms with E-state index in [1.165, 1.54) is 11.1 Å². The van der Waals surface area contributed by atoms with Crippen LogP contribution >= 0.6 is 11.6 Å². The van der Waals surface area contributed by atoms with Gasteiger partial charge in [0.05, 0.1) is 17.3 Å². The van der Waals surface area contributed by atoms with Crippen molar-refractivity contribution >= 4 is 40.0 Å². The monoisotopic (exact) mass is 562 g/mol. The van der Waals surface area contributed by atoms with Gasteiger partial charge < -0.3 is 24.3 Å². The first-order chi connectivity index (χ1) is 19.0. The van der Waals surface area contributed by atoms with Gasteiger partial charge in [0.2, 0.25) is 11.3 Å². The van der Waals surface area contributed by atoms with Gasteiger partial charge in [0.25, 0.3) is 5.91 Å². The fourth-order valence-electron chi connectivity index (χ4n) is 5.23. The Labute approximate surface area is 236 Å². The number of rotatable bonds is 8. The first-order valence-corrected chi connectivity index (χ1v) is 13.3. The molecule has 0 bridgehead atoms. The van der Waals surface area contributed by atoms with E-state index in [1.807, 2.05) is 37.9 Å². The molecule has 0 saturated carbocycles. The molecule has 0 spiro atoms. The molecule has 0 fully saturated rings. The molecule has 2 amide bonds. The van der Waals surface area contributed by atoms with Gasteiger partial charge in [-0.25, -0.2) is 0 Å². The minimum atomic E-state index is -0.751. The number of hydrogen-bond acceptors (Lipinski definition) is 6. The third-order valence-electron chi connectivity index (χ3n) is 7.24. The van der Waals surface area contributed by atoms with Crippen molar-refractivity contribution in [3.63, 3.8) is 0 Å². The van der Waals surface area contributed by atoms with Crippen LogP contribution in [0.2, 0.25) is 5.02 Å². The second kappa shape index (κ2) is 10.9. The number of carbonyl (C=O) groups excluding carboxylic acids is 2. The van der Waals surface area contributed by atoms with E-state index in [0.717, 1.165) is 22.5 Å². The molecule has 0 radical (unpaired) electrons. The Bertz CT molecular complexity index is 1670. The number of nitrogens with zero attached hydrogens (tertiary/aromatic N) is 3. The molecule has 1 aliphatic heterocycles. The fourth-order valence-corrected chi connectivity index (χ4v) is 5.35. The first kappa shape index (κ1) is 27.6. The van der Waals surface area contributed by atoms with Crippen LogP contribution in [0.3, 0.4) is 0 Å². The Balaban J connectivity index is 1.45. The molecular weight excluding hydrogens is 532 g/mol. The number of likely N-dealkylation sites (N-methyl/N-ethyl adjacent to an activating group) is 2. The number of carbonyl (C=O) groups is 2. The van der Waals surface area contributed by atoms with E-state index in [9.17, 15) is 19.5 Å². The summed E-state index contributed by atoms with van der Waals surface area (Å²) in [6.07, 6.45) is 0.715. The number of halogens is 1. The Morgan fingerprint density at radius 3 is 2.55 bits per heavy atom. The molecule has 10 heteroatoms. The highest BCUT2D eigenvalue weighted by Crippen LogP contribution is 2.31. The minimum Gasteiger partial charge on any atom is -0.466 e. The van der Waals surface area contributed by atoms with Crippen molar-refractivity contribution in [2.45, 2.75) is 39.6 Å². The van der Waals surface area contributed by atoms with Crippen molar-refractivity contribution in [2.24, 2.45) is 0 Å². The summed E-state index contributed by atoms with van der Waals surface area (Å²) >= 11 is 5.94. The lowest BCUT2D eigenvalue weighted by Crippen LogP contribution is -2.37. The summed E-state index contributed by atoms with van der Waals surface area (Å²) in [7, 11) is 3.55. The van der Waals surface area contributed by atoms with Crippen LogP contribution in [0.1, 0.15) is 44.7 Å². The van der Waals surface area contributed by atoms with Gasteiger partial charge >= 0.3 is 0 Å². The number of furan rings is 1. The minimum absolute atomic E-state index is 0.0205. The molecule has 2 aromatic heterocycles. The predicted octanol–water partition coefficient (Wildman–Crippen LogP) is 3.94. The van der Waals surface area contributed by atoms with Crippen LogP contribution in [0.15, 0.2) is 57.9 Å². The molecule has 1 unspecified atom stereocenters. The van der Waals surface area contributed by atoms with Crippen LogP contribution in [0, 0.1) is 13.8 Å². The number of hydrogen-bond donors (Lipinski definition) is 2. The number of pyridine rings is 1. The second-order valence-electron chi connectivity index (χ2n) is 10.4. The lowest BCUT2D eigenvalue weighted by atomic mass is 10.0. The third kappa shape index (κ3) is 5.40. The number of anilines is 1. The number of aliphatic hydroxyl groups is 1. The van der Waals surface area contributed by atoms with Crippen LogP contribution in [0.5, 0.6) is 0 Å². The molecule has 40 heavy (non-hydrogen) atoms. The number of aromatic nitrogens is 1. The van der Waals surface area contributed by atoms with Gasteiger partial charge in [-0.3, -0.25) is 19.3 Å². The molecule has 1 aliphatic rings. The van der Waals surface area contributed by atoms with Gasteiger partial charge in [-0.1, -0.05) is 23.7 Å². The summed E-state index contributed by atoms with van der Waals surface area (Å²) < 4.78 is 7.23. The highest BCUT2D eigenvalue weighted by molar-refractivity contribution is 6.30. The maximum absolute atomic E-state index is 13.6. The van der Waals surface area contributed by atoms with Gasteiger partial charge in [0.15, 0.2) is 0 Å². The van der Waals surface area contributed by atoms with E-state index in [4.69, 9.17) is 16.0 Å². The smallest absolute Gasteiger partial charge is 0.257 e. The zero-order valence-electron chi connectivity index (χ0n) is 22.8. The average Bonchev–Trinajstić information content (AvgIpc) is 3.25. The SMILES string of the molecule is Cc1cc(C(O)CN(C)Cc2cc3c4c(c2)c(=O)c(C(=O)NCc2ccc(Cl)cc2)cn4CC(=O)N3C)c(C)o1. The Kier molecular flexibility index (Phi) is 7.55. The van der Waals surface area contributed by atoms with Gasteiger partial charge in [0.1, 0.15) is 23.6 Å².